The average Bonchev–Trinajstić information content (AvgIpc) is 3.09. The lowest BCUT2D eigenvalue weighted by Gasteiger charge is -2.13. The van der Waals surface area contributed by atoms with E-state index in [-0.39, 0.29) is 0 Å². The Morgan fingerprint density at radius 2 is 2.14 bits per heavy atom. The van der Waals surface area contributed by atoms with Crippen LogP contribution in [0, 0.1) is 0 Å². The van der Waals surface area contributed by atoms with E-state index in [1.165, 1.54) is 30.2 Å². The highest BCUT2D eigenvalue weighted by molar-refractivity contribution is 5.82. The summed E-state index contributed by atoms with van der Waals surface area (Å²) in [5.41, 5.74) is 4.44. The summed E-state index contributed by atoms with van der Waals surface area (Å²) >= 11 is 0. The van der Waals surface area contributed by atoms with Crippen molar-refractivity contribution in [3.05, 3.63) is 36.2 Å². The van der Waals surface area contributed by atoms with E-state index in [4.69, 9.17) is 0 Å². The Morgan fingerprint density at radius 1 is 1.29 bits per heavy atom. The molecule has 0 aromatic carbocycles. The van der Waals surface area contributed by atoms with Crippen LogP contribution >= 0.6 is 0 Å². The summed E-state index contributed by atoms with van der Waals surface area (Å²) in [4.78, 5) is 7.99. The van der Waals surface area contributed by atoms with Crippen LogP contribution in [0.4, 0.5) is 0 Å². The molecule has 0 aliphatic carbocycles. The molecule has 0 unspecified atom stereocenters. The molecule has 0 bridgehead atoms. The summed E-state index contributed by atoms with van der Waals surface area (Å²) in [6.45, 7) is 4.49. The van der Waals surface area contributed by atoms with E-state index < -0.39 is 0 Å². The lowest BCUT2D eigenvalue weighted by atomic mass is 9.93. The topological polar surface area (TPSA) is 46.5 Å². The van der Waals surface area contributed by atoms with Crippen LogP contribution in [0.1, 0.15) is 44.6 Å². The number of fused-ring (bicyclic) bond motifs is 1. The van der Waals surface area contributed by atoms with Gasteiger partial charge in [0.15, 0.2) is 0 Å². The summed E-state index contributed by atoms with van der Waals surface area (Å²) in [5.74, 6) is 0.613. The van der Waals surface area contributed by atoms with Crippen molar-refractivity contribution in [1.82, 2.24) is 19.7 Å². The molecular weight excluding hydrogens is 260 g/mol. The van der Waals surface area contributed by atoms with Gasteiger partial charge in [0.1, 0.15) is 5.65 Å². The van der Waals surface area contributed by atoms with Gasteiger partial charge in [0.2, 0.25) is 0 Å². The van der Waals surface area contributed by atoms with Crippen molar-refractivity contribution in [2.24, 2.45) is 7.05 Å². The largest absolute Gasteiger partial charge is 0.338 e. The molecule has 0 radical (unpaired) electrons. The third-order valence-electron chi connectivity index (χ3n) is 4.19. The molecule has 3 aromatic rings. The van der Waals surface area contributed by atoms with Gasteiger partial charge >= 0.3 is 0 Å². The maximum absolute atomic E-state index is 4.61. The summed E-state index contributed by atoms with van der Waals surface area (Å²) < 4.78 is 1.87. The van der Waals surface area contributed by atoms with Crippen LogP contribution in [0.15, 0.2) is 30.6 Å². The number of hydrogen-bond donors (Lipinski definition) is 1. The third kappa shape index (κ3) is 2.58. The molecule has 1 N–H and O–H groups in total. The second kappa shape index (κ2) is 5.72. The zero-order valence-corrected chi connectivity index (χ0v) is 12.9. The Kier molecular flexibility index (Phi) is 3.78. The number of aromatic amines is 1. The molecule has 21 heavy (non-hydrogen) atoms. The molecule has 0 amide bonds. The smallest absolute Gasteiger partial charge is 0.137 e. The molecular formula is C17H22N4. The van der Waals surface area contributed by atoms with Crippen molar-refractivity contribution in [2.45, 2.75) is 39.0 Å². The predicted molar refractivity (Wildman–Crippen MR) is 86.2 cm³/mol. The van der Waals surface area contributed by atoms with Crippen LogP contribution in [0.2, 0.25) is 0 Å². The van der Waals surface area contributed by atoms with Gasteiger partial charge in [0.05, 0.1) is 11.4 Å². The van der Waals surface area contributed by atoms with Crippen LogP contribution in [-0.4, -0.2) is 19.7 Å². The summed E-state index contributed by atoms with van der Waals surface area (Å²) in [7, 11) is 1.95. The number of nitrogens with zero attached hydrogens (tertiary/aromatic N) is 3. The highest BCUT2D eigenvalue weighted by Crippen LogP contribution is 2.28. The second-order valence-corrected chi connectivity index (χ2v) is 5.62. The molecule has 1 atom stereocenters. The fourth-order valence-corrected chi connectivity index (χ4v) is 2.99. The van der Waals surface area contributed by atoms with Crippen molar-refractivity contribution in [2.75, 3.05) is 0 Å². The van der Waals surface area contributed by atoms with E-state index in [9.17, 15) is 0 Å². The first-order valence-electron chi connectivity index (χ1n) is 7.70. The highest BCUT2D eigenvalue weighted by Gasteiger charge is 2.12. The summed E-state index contributed by atoms with van der Waals surface area (Å²) in [5, 5.41) is 5.40. The van der Waals surface area contributed by atoms with Crippen LogP contribution < -0.4 is 0 Å². The van der Waals surface area contributed by atoms with E-state index in [0.29, 0.717) is 5.92 Å². The maximum Gasteiger partial charge on any atom is 0.137 e. The number of rotatable bonds is 5. The molecule has 0 aliphatic rings. The monoisotopic (exact) mass is 282 g/mol. The van der Waals surface area contributed by atoms with Gasteiger partial charge in [-0.2, -0.15) is 5.10 Å². The molecule has 0 fully saturated rings. The quantitative estimate of drug-likeness (QED) is 0.760. The van der Waals surface area contributed by atoms with Crippen LogP contribution in [0.5, 0.6) is 0 Å². The Hall–Kier alpha value is -2.10. The number of aryl methyl sites for hydroxylation is 1. The van der Waals surface area contributed by atoms with Gasteiger partial charge < -0.3 is 4.98 Å². The van der Waals surface area contributed by atoms with Crippen molar-refractivity contribution >= 4 is 11.0 Å². The number of pyridine rings is 1. The highest BCUT2D eigenvalue weighted by atomic mass is 15.3. The Balaban J connectivity index is 2.01. The fourth-order valence-electron chi connectivity index (χ4n) is 2.99. The zero-order valence-electron chi connectivity index (χ0n) is 12.9. The predicted octanol–water partition coefficient (Wildman–Crippen LogP) is 4.26. The Bertz CT molecular complexity index is 738. The minimum atomic E-state index is 0.613. The zero-order chi connectivity index (χ0) is 14.8. The number of H-pyrrole nitrogens is 1. The van der Waals surface area contributed by atoms with E-state index in [1.54, 1.807) is 0 Å². The van der Waals surface area contributed by atoms with Crippen LogP contribution in [0.3, 0.4) is 0 Å². The Morgan fingerprint density at radius 3 is 2.81 bits per heavy atom. The van der Waals surface area contributed by atoms with Crippen molar-refractivity contribution in [3.63, 3.8) is 0 Å². The third-order valence-corrected chi connectivity index (χ3v) is 4.19. The van der Waals surface area contributed by atoms with Crippen LogP contribution in [0.25, 0.3) is 22.4 Å². The normalized spacial score (nSPS) is 12.9. The fraction of sp³-hybridized carbons (Fsp3) is 0.412. The minimum absolute atomic E-state index is 0.613. The molecule has 0 aliphatic heterocycles. The first-order chi connectivity index (χ1) is 10.2. The maximum atomic E-state index is 4.61. The van der Waals surface area contributed by atoms with Crippen molar-refractivity contribution in [1.29, 1.82) is 0 Å². The van der Waals surface area contributed by atoms with E-state index in [0.717, 1.165) is 17.0 Å². The standard InChI is InChI=1S/C17H22N4/c1-4-6-12(5-2)14-9-13-10-15(20-17(13)18-11-14)16-7-8-19-21(16)3/h7-12H,4-6H2,1-3H3,(H,18,20)/t12-/m0/s1. The minimum Gasteiger partial charge on any atom is -0.338 e. The van der Waals surface area contributed by atoms with Gasteiger partial charge in [-0.1, -0.05) is 20.3 Å². The van der Waals surface area contributed by atoms with Gasteiger partial charge in [-0.25, -0.2) is 4.98 Å². The molecule has 110 valence electrons. The first-order valence-corrected chi connectivity index (χ1v) is 7.70. The van der Waals surface area contributed by atoms with Gasteiger partial charge in [-0.15, -0.1) is 0 Å². The lowest BCUT2D eigenvalue weighted by Crippen LogP contribution is -1.97. The van der Waals surface area contributed by atoms with Gasteiger partial charge in [0.25, 0.3) is 0 Å². The van der Waals surface area contributed by atoms with E-state index in [2.05, 4.69) is 41.0 Å². The molecule has 0 saturated carbocycles. The number of aromatic nitrogens is 4. The summed E-state index contributed by atoms with van der Waals surface area (Å²) in [6.07, 6.45) is 7.44. The Labute approximate surface area is 125 Å². The van der Waals surface area contributed by atoms with Gasteiger partial charge in [-0.3, -0.25) is 4.68 Å². The first kappa shape index (κ1) is 13.9. The molecule has 3 heterocycles. The van der Waals surface area contributed by atoms with Gasteiger partial charge in [-0.05, 0) is 42.5 Å². The molecule has 3 rings (SSSR count). The second-order valence-electron chi connectivity index (χ2n) is 5.62. The van der Waals surface area contributed by atoms with Crippen molar-refractivity contribution < 1.29 is 0 Å². The van der Waals surface area contributed by atoms with E-state index in [1.807, 2.05) is 30.2 Å². The molecule has 3 aromatic heterocycles. The van der Waals surface area contributed by atoms with Crippen LogP contribution in [-0.2, 0) is 7.05 Å². The molecule has 0 saturated heterocycles. The van der Waals surface area contributed by atoms with Crippen molar-refractivity contribution in [3.8, 4) is 11.4 Å². The molecule has 0 spiro atoms. The lowest BCUT2D eigenvalue weighted by molar-refractivity contribution is 0.595. The molecule has 4 heteroatoms. The van der Waals surface area contributed by atoms with E-state index >= 15 is 0 Å². The number of hydrogen-bond acceptors (Lipinski definition) is 2. The number of nitrogens with one attached hydrogen (secondary N) is 1. The SMILES string of the molecule is CCC[C@H](CC)c1cnc2[nH]c(-c3ccnn3C)cc2c1. The average molecular weight is 282 g/mol. The molecule has 4 nitrogen and oxygen atoms in total. The summed E-state index contributed by atoms with van der Waals surface area (Å²) in [6, 6.07) is 6.46. The van der Waals surface area contributed by atoms with Gasteiger partial charge in [0, 0.05) is 24.8 Å².